The molecule has 0 aliphatic carbocycles. The highest BCUT2D eigenvalue weighted by Crippen LogP contribution is 2.31. The van der Waals surface area contributed by atoms with E-state index in [-0.39, 0.29) is 22.9 Å². The molecule has 1 N–H and O–H groups in total. The van der Waals surface area contributed by atoms with Gasteiger partial charge in [0.2, 0.25) is 0 Å². The van der Waals surface area contributed by atoms with Crippen LogP contribution in [-0.2, 0) is 16.6 Å². The highest BCUT2D eigenvalue weighted by molar-refractivity contribution is 7.92. The molecule has 0 radical (unpaired) electrons. The first-order valence-corrected chi connectivity index (χ1v) is 15.2. The number of hydrogen-bond acceptors (Lipinski definition) is 4. The Morgan fingerprint density at radius 3 is 2.17 bits per heavy atom. The van der Waals surface area contributed by atoms with Crippen LogP contribution in [0.3, 0.4) is 0 Å². The van der Waals surface area contributed by atoms with Crippen LogP contribution >= 0.6 is 11.6 Å². The van der Waals surface area contributed by atoms with Crippen LogP contribution in [0.5, 0.6) is 0 Å². The van der Waals surface area contributed by atoms with Gasteiger partial charge in [0.1, 0.15) is 0 Å². The average molecular weight is 574 g/mol. The molecule has 0 bridgehead atoms. The van der Waals surface area contributed by atoms with Crippen LogP contribution in [-0.4, -0.2) is 27.4 Å². The number of hydrogen-bond donors (Lipinski definition) is 1. The number of piperidine rings is 1. The van der Waals surface area contributed by atoms with E-state index in [0.717, 1.165) is 29.9 Å². The summed E-state index contributed by atoms with van der Waals surface area (Å²) in [5.41, 5.74) is 4.02. The number of nitrogens with one attached hydrogen (secondary N) is 1. The van der Waals surface area contributed by atoms with Crippen LogP contribution in [0.15, 0.2) is 102 Å². The van der Waals surface area contributed by atoms with E-state index in [4.69, 9.17) is 11.6 Å². The van der Waals surface area contributed by atoms with Gasteiger partial charge in [0.15, 0.2) is 0 Å². The van der Waals surface area contributed by atoms with Crippen molar-refractivity contribution in [2.45, 2.75) is 37.6 Å². The maximum Gasteiger partial charge on any atom is 0.264 e. The van der Waals surface area contributed by atoms with Gasteiger partial charge in [-0.1, -0.05) is 53.6 Å². The Bertz CT molecular complexity index is 1570. The van der Waals surface area contributed by atoms with Gasteiger partial charge in [0.05, 0.1) is 22.7 Å². The molecule has 206 valence electrons. The number of sulfonamides is 1. The second-order valence-electron chi connectivity index (χ2n) is 10.0. The van der Waals surface area contributed by atoms with Crippen molar-refractivity contribution in [3.63, 3.8) is 0 Å². The third-order valence-corrected chi connectivity index (χ3v) is 9.14. The summed E-state index contributed by atoms with van der Waals surface area (Å²) in [6, 6.07) is 28.3. The second kappa shape index (κ2) is 12.1. The van der Waals surface area contributed by atoms with Gasteiger partial charge < -0.3 is 10.2 Å². The summed E-state index contributed by atoms with van der Waals surface area (Å²) in [5, 5.41) is 3.52. The fourth-order valence-electron chi connectivity index (χ4n) is 4.88. The van der Waals surface area contributed by atoms with Crippen LogP contribution in [0.25, 0.3) is 0 Å². The van der Waals surface area contributed by atoms with Crippen molar-refractivity contribution in [3.05, 3.63) is 119 Å². The molecule has 8 heteroatoms. The molecule has 1 amide bonds. The zero-order valence-corrected chi connectivity index (χ0v) is 24.0. The smallest absolute Gasteiger partial charge is 0.264 e. The summed E-state index contributed by atoms with van der Waals surface area (Å²) < 4.78 is 29.3. The quantitative estimate of drug-likeness (QED) is 0.240. The van der Waals surface area contributed by atoms with Gasteiger partial charge in [-0.2, -0.15) is 0 Å². The van der Waals surface area contributed by atoms with E-state index >= 15 is 0 Å². The molecule has 0 saturated carbocycles. The van der Waals surface area contributed by atoms with Crippen LogP contribution in [0.2, 0.25) is 5.02 Å². The van der Waals surface area contributed by atoms with Crippen LogP contribution in [0.1, 0.15) is 40.7 Å². The van der Waals surface area contributed by atoms with Crippen molar-refractivity contribution in [2.24, 2.45) is 0 Å². The maximum atomic E-state index is 14.0. The first-order chi connectivity index (χ1) is 19.3. The number of nitrogens with zero attached hydrogens (tertiary/aromatic N) is 2. The molecule has 5 rings (SSSR count). The van der Waals surface area contributed by atoms with Gasteiger partial charge in [0.25, 0.3) is 15.9 Å². The van der Waals surface area contributed by atoms with Crippen molar-refractivity contribution in [1.82, 2.24) is 0 Å². The first-order valence-electron chi connectivity index (χ1n) is 13.4. The SMILES string of the molecule is Cc1ccc(S(=O)(=O)N(Cc2ccc(Cl)cc2)c2ccccc2C(=O)Nc2ccc(N3CCCCC3)cc2)cc1. The van der Waals surface area contributed by atoms with E-state index in [1.807, 2.05) is 31.2 Å². The molecule has 1 saturated heterocycles. The summed E-state index contributed by atoms with van der Waals surface area (Å²) in [4.78, 5) is 16.1. The Labute approximate surface area is 241 Å². The predicted molar refractivity (Wildman–Crippen MR) is 163 cm³/mol. The lowest BCUT2D eigenvalue weighted by molar-refractivity contribution is 0.102. The number of halogens is 1. The highest BCUT2D eigenvalue weighted by Gasteiger charge is 2.28. The van der Waals surface area contributed by atoms with E-state index < -0.39 is 10.0 Å². The number of benzene rings is 4. The Morgan fingerprint density at radius 2 is 1.50 bits per heavy atom. The molecule has 1 heterocycles. The molecular formula is C32H32ClN3O3S. The van der Waals surface area contributed by atoms with Crippen LogP contribution in [0.4, 0.5) is 17.1 Å². The van der Waals surface area contributed by atoms with Gasteiger partial charge in [-0.25, -0.2) is 8.42 Å². The molecule has 0 spiro atoms. The largest absolute Gasteiger partial charge is 0.372 e. The van der Waals surface area contributed by atoms with Gasteiger partial charge >= 0.3 is 0 Å². The van der Waals surface area contributed by atoms with E-state index in [1.165, 1.54) is 23.6 Å². The lowest BCUT2D eigenvalue weighted by atomic mass is 10.1. The summed E-state index contributed by atoms with van der Waals surface area (Å²) in [5.74, 6) is -0.387. The molecule has 1 aliphatic heterocycles. The zero-order valence-electron chi connectivity index (χ0n) is 22.4. The lowest BCUT2D eigenvalue weighted by Crippen LogP contribution is -2.32. The molecule has 0 aromatic heterocycles. The highest BCUT2D eigenvalue weighted by atomic mass is 35.5. The molecule has 4 aromatic rings. The zero-order chi connectivity index (χ0) is 28.1. The molecule has 6 nitrogen and oxygen atoms in total. The molecule has 4 aromatic carbocycles. The predicted octanol–water partition coefficient (Wildman–Crippen LogP) is 7.29. The Kier molecular flexibility index (Phi) is 8.43. The third-order valence-electron chi connectivity index (χ3n) is 7.11. The second-order valence-corrected chi connectivity index (χ2v) is 12.3. The number of rotatable bonds is 8. The standard InChI is InChI=1S/C32H32ClN3O3S/c1-24-9-19-29(20-10-24)40(38,39)36(23-25-11-13-26(33)14-12-25)31-8-4-3-7-30(31)32(37)34-27-15-17-28(18-16-27)35-21-5-2-6-22-35/h3-4,7-20H,2,5-6,21-23H2,1H3,(H,34,37). The summed E-state index contributed by atoms with van der Waals surface area (Å²) in [7, 11) is -4.01. The molecule has 1 aliphatic rings. The summed E-state index contributed by atoms with van der Waals surface area (Å²) in [6.45, 7) is 4.01. The van der Waals surface area contributed by atoms with Gasteiger partial charge in [-0.15, -0.1) is 0 Å². The Balaban J connectivity index is 1.47. The Hall–Kier alpha value is -3.81. The van der Waals surface area contributed by atoms with E-state index in [0.29, 0.717) is 16.4 Å². The van der Waals surface area contributed by atoms with Crippen molar-refractivity contribution in [2.75, 3.05) is 27.6 Å². The number of carbonyl (C=O) groups is 1. The van der Waals surface area contributed by atoms with Gasteiger partial charge in [0, 0.05) is 29.5 Å². The van der Waals surface area contributed by atoms with Gasteiger partial charge in [-0.3, -0.25) is 9.10 Å². The fourth-order valence-corrected chi connectivity index (χ4v) is 6.48. The minimum Gasteiger partial charge on any atom is -0.372 e. The maximum absolute atomic E-state index is 14.0. The fraction of sp³-hybridized carbons (Fsp3) is 0.219. The van der Waals surface area contributed by atoms with Crippen molar-refractivity contribution >= 4 is 44.6 Å². The van der Waals surface area contributed by atoms with E-state index in [9.17, 15) is 13.2 Å². The minimum absolute atomic E-state index is 0.0300. The Morgan fingerprint density at radius 1 is 0.850 bits per heavy atom. The van der Waals surface area contributed by atoms with Crippen molar-refractivity contribution in [3.8, 4) is 0 Å². The number of aryl methyl sites for hydroxylation is 1. The van der Waals surface area contributed by atoms with Gasteiger partial charge in [-0.05, 0) is 92.4 Å². The monoisotopic (exact) mass is 573 g/mol. The van der Waals surface area contributed by atoms with Crippen LogP contribution in [0, 0.1) is 6.92 Å². The number of carbonyl (C=O) groups excluding carboxylic acids is 1. The summed E-state index contributed by atoms with van der Waals surface area (Å²) in [6.07, 6.45) is 3.64. The molecule has 0 atom stereocenters. The van der Waals surface area contributed by atoms with Crippen molar-refractivity contribution in [1.29, 1.82) is 0 Å². The molecule has 1 fully saturated rings. The lowest BCUT2D eigenvalue weighted by Gasteiger charge is -2.29. The summed E-state index contributed by atoms with van der Waals surface area (Å²) >= 11 is 6.08. The molecule has 40 heavy (non-hydrogen) atoms. The average Bonchev–Trinajstić information content (AvgIpc) is 2.98. The molecule has 0 unspecified atom stereocenters. The van der Waals surface area contributed by atoms with E-state index in [1.54, 1.807) is 72.8 Å². The van der Waals surface area contributed by atoms with Crippen molar-refractivity contribution < 1.29 is 13.2 Å². The number of amides is 1. The topological polar surface area (TPSA) is 69.7 Å². The minimum atomic E-state index is -4.01. The normalized spacial score (nSPS) is 13.6. The molecular weight excluding hydrogens is 542 g/mol. The number of para-hydroxylation sites is 1. The number of anilines is 3. The first kappa shape index (κ1) is 27.7. The van der Waals surface area contributed by atoms with Crippen LogP contribution < -0.4 is 14.5 Å². The third kappa shape index (κ3) is 6.32. The van der Waals surface area contributed by atoms with E-state index in [2.05, 4.69) is 10.2 Å².